The molecule has 0 atom stereocenters. The Balaban J connectivity index is 2.16. The SMILES string of the molecule is CCCCCC(=O)N1CCN(CCC(=O)CCC)CC1. The molecule has 0 aromatic heterocycles. The van der Waals surface area contributed by atoms with Gasteiger partial charge in [-0.25, -0.2) is 0 Å². The third kappa shape index (κ3) is 6.51. The van der Waals surface area contributed by atoms with Gasteiger partial charge in [-0.3, -0.25) is 14.5 Å². The highest BCUT2D eigenvalue weighted by Gasteiger charge is 2.20. The first-order valence-corrected chi connectivity index (χ1v) is 8.19. The summed E-state index contributed by atoms with van der Waals surface area (Å²) in [7, 11) is 0. The van der Waals surface area contributed by atoms with Crippen molar-refractivity contribution < 1.29 is 9.59 Å². The molecule has 4 heteroatoms. The maximum atomic E-state index is 12.0. The van der Waals surface area contributed by atoms with Crippen LogP contribution in [0.3, 0.4) is 0 Å². The van der Waals surface area contributed by atoms with Crippen molar-refractivity contribution in [3.8, 4) is 0 Å². The van der Waals surface area contributed by atoms with E-state index in [2.05, 4.69) is 11.8 Å². The van der Waals surface area contributed by atoms with E-state index in [1.54, 1.807) is 0 Å². The average Bonchev–Trinajstić information content (AvgIpc) is 2.46. The minimum atomic E-state index is 0.306. The summed E-state index contributed by atoms with van der Waals surface area (Å²) in [5.74, 6) is 0.672. The monoisotopic (exact) mass is 282 g/mol. The van der Waals surface area contributed by atoms with Gasteiger partial charge in [-0.05, 0) is 12.8 Å². The number of nitrogens with zero attached hydrogens (tertiary/aromatic N) is 2. The summed E-state index contributed by atoms with van der Waals surface area (Å²) >= 11 is 0. The molecule has 0 unspecified atom stereocenters. The van der Waals surface area contributed by atoms with Gasteiger partial charge in [0.15, 0.2) is 0 Å². The van der Waals surface area contributed by atoms with Crippen molar-refractivity contribution in [3.05, 3.63) is 0 Å². The van der Waals surface area contributed by atoms with Crippen LogP contribution in [0, 0.1) is 0 Å². The molecule has 1 aliphatic heterocycles. The fourth-order valence-corrected chi connectivity index (χ4v) is 2.59. The molecular weight excluding hydrogens is 252 g/mol. The van der Waals surface area contributed by atoms with E-state index in [0.717, 1.165) is 58.4 Å². The van der Waals surface area contributed by atoms with Gasteiger partial charge in [-0.15, -0.1) is 0 Å². The standard InChI is InChI=1S/C16H30N2O2/c1-3-5-6-8-16(20)18-13-11-17(12-14-18)10-9-15(19)7-4-2/h3-14H2,1-2H3. The number of ketones is 1. The third-order valence-corrected chi connectivity index (χ3v) is 3.95. The van der Waals surface area contributed by atoms with Gasteiger partial charge in [-0.1, -0.05) is 26.7 Å². The smallest absolute Gasteiger partial charge is 0.222 e. The van der Waals surface area contributed by atoms with Crippen molar-refractivity contribution in [1.29, 1.82) is 0 Å². The second-order valence-corrected chi connectivity index (χ2v) is 5.72. The molecule has 1 fully saturated rings. The van der Waals surface area contributed by atoms with E-state index in [1.807, 2.05) is 11.8 Å². The fourth-order valence-electron chi connectivity index (χ4n) is 2.59. The van der Waals surface area contributed by atoms with Crippen molar-refractivity contribution in [2.45, 2.75) is 58.8 Å². The Labute approximate surface area is 123 Å². The van der Waals surface area contributed by atoms with Crippen LogP contribution in [-0.2, 0) is 9.59 Å². The van der Waals surface area contributed by atoms with Crippen molar-refractivity contribution in [1.82, 2.24) is 9.80 Å². The lowest BCUT2D eigenvalue weighted by molar-refractivity contribution is -0.133. The Bertz CT molecular complexity index is 297. The number of Topliss-reactive ketones (excluding diaryl/α,β-unsaturated/α-hetero) is 1. The molecule has 116 valence electrons. The molecule has 0 aliphatic carbocycles. The number of carbonyl (C=O) groups excluding carboxylic acids is 2. The molecule has 0 N–H and O–H groups in total. The van der Waals surface area contributed by atoms with Crippen LogP contribution in [0.2, 0.25) is 0 Å². The van der Waals surface area contributed by atoms with E-state index < -0.39 is 0 Å². The van der Waals surface area contributed by atoms with Crippen LogP contribution >= 0.6 is 0 Å². The van der Waals surface area contributed by atoms with E-state index in [4.69, 9.17) is 0 Å². The van der Waals surface area contributed by atoms with Gasteiger partial charge in [0.2, 0.25) is 5.91 Å². The largest absolute Gasteiger partial charge is 0.340 e. The maximum Gasteiger partial charge on any atom is 0.222 e. The molecule has 4 nitrogen and oxygen atoms in total. The van der Waals surface area contributed by atoms with Crippen molar-refractivity contribution in [2.75, 3.05) is 32.7 Å². The molecule has 0 saturated carbocycles. The molecule has 0 spiro atoms. The van der Waals surface area contributed by atoms with Crippen LogP contribution in [0.4, 0.5) is 0 Å². The predicted molar refractivity (Wildman–Crippen MR) is 81.7 cm³/mol. The Morgan fingerprint density at radius 3 is 2.15 bits per heavy atom. The molecule has 0 bridgehead atoms. The van der Waals surface area contributed by atoms with E-state index in [1.165, 1.54) is 0 Å². The third-order valence-electron chi connectivity index (χ3n) is 3.95. The molecule has 1 rings (SSSR count). The zero-order chi connectivity index (χ0) is 14.8. The van der Waals surface area contributed by atoms with Crippen molar-refractivity contribution >= 4 is 11.7 Å². The summed E-state index contributed by atoms with van der Waals surface area (Å²) in [5.41, 5.74) is 0. The molecular formula is C16H30N2O2. The van der Waals surface area contributed by atoms with Gasteiger partial charge >= 0.3 is 0 Å². The predicted octanol–water partition coefficient (Wildman–Crippen LogP) is 2.47. The van der Waals surface area contributed by atoms with Crippen LogP contribution < -0.4 is 0 Å². The minimum absolute atomic E-state index is 0.306. The summed E-state index contributed by atoms with van der Waals surface area (Å²) in [6, 6.07) is 0. The van der Waals surface area contributed by atoms with Gasteiger partial charge in [0.1, 0.15) is 5.78 Å². The number of piperazine rings is 1. The quantitative estimate of drug-likeness (QED) is 0.610. The molecule has 0 aromatic rings. The summed E-state index contributed by atoms with van der Waals surface area (Å²) in [5, 5.41) is 0. The Kier molecular flexibility index (Phi) is 8.51. The second-order valence-electron chi connectivity index (χ2n) is 5.72. The Hall–Kier alpha value is -0.900. The van der Waals surface area contributed by atoms with E-state index in [0.29, 0.717) is 31.0 Å². The van der Waals surface area contributed by atoms with Gasteiger partial charge in [0, 0.05) is 52.0 Å². The van der Waals surface area contributed by atoms with Crippen LogP contribution in [0.25, 0.3) is 0 Å². The van der Waals surface area contributed by atoms with Crippen molar-refractivity contribution in [3.63, 3.8) is 0 Å². The molecule has 0 aromatic carbocycles. The highest BCUT2D eigenvalue weighted by molar-refractivity contribution is 5.78. The number of hydrogen-bond donors (Lipinski definition) is 0. The first-order chi connectivity index (χ1) is 9.67. The maximum absolute atomic E-state index is 12.0. The van der Waals surface area contributed by atoms with Gasteiger partial charge in [-0.2, -0.15) is 0 Å². The van der Waals surface area contributed by atoms with Crippen LogP contribution in [0.15, 0.2) is 0 Å². The highest BCUT2D eigenvalue weighted by atomic mass is 16.2. The number of rotatable bonds is 9. The summed E-state index contributed by atoms with van der Waals surface area (Å²) in [6.45, 7) is 8.54. The summed E-state index contributed by atoms with van der Waals surface area (Å²) in [4.78, 5) is 27.8. The second kappa shape index (κ2) is 9.92. The lowest BCUT2D eigenvalue weighted by Gasteiger charge is -2.34. The van der Waals surface area contributed by atoms with Gasteiger partial charge < -0.3 is 4.90 Å². The fraction of sp³-hybridized carbons (Fsp3) is 0.875. The van der Waals surface area contributed by atoms with E-state index >= 15 is 0 Å². The van der Waals surface area contributed by atoms with Crippen LogP contribution in [0.5, 0.6) is 0 Å². The molecule has 1 saturated heterocycles. The molecule has 20 heavy (non-hydrogen) atoms. The Morgan fingerprint density at radius 1 is 0.850 bits per heavy atom. The number of hydrogen-bond acceptors (Lipinski definition) is 3. The summed E-state index contributed by atoms with van der Waals surface area (Å²) in [6.07, 6.45) is 6.33. The van der Waals surface area contributed by atoms with Crippen LogP contribution in [-0.4, -0.2) is 54.2 Å². The lowest BCUT2D eigenvalue weighted by atomic mass is 10.1. The number of amides is 1. The molecule has 0 radical (unpaired) electrons. The molecule has 1 heterocycles. The van der Waals surface area contributed by atoms with E-state index in [-0.39, 0.29) is 0 Å². The zero-order valence-electron chi connectivity index (χ0n) is 13.2. The van der Waals surface area contributed by atoms with Gasteiger partial charge in [0.25, 0.3) is 0 Å². The van der Waals surface area contributed by atoms with E-state index in [9.17, 15) is 9.59 Å². The molecule has 1 aliphatic rings. The number of unbranched alkanes of at least 4 members (excludes halogenated alkanes) is 2. The zero-order valence-corrected chi connectivity index (χ0v) is 13.2. The van der Waals surface area contributed by atoms with Gasteiger partial charge in [0.05, 0.1) is 0 Å². The first-order valence-electron chi connectivity index (χ1n) is 8.19. The van der Waals surface area contributed by atoms with Crippen LogP contribution in [0.1, 0.15) is 58.8 Å². The molecule has 1 amide bonds. The summed E-state index contributed by atoms with van der Waals surface area (Å²) < 4.78 is 0. The minimum Gasteiger partial charge on any atom is -0.340 e. The lowest BCUT2D eigenvalue weighted by Crippen LogP contribution is -2.49. The average molecular weight is 282 g/mol. The highest BCUT2D eigenvalue weighted by Crippen LogP contribution is 2.08. The first kappa shape index (κ1) is 17.2. The normalized spacial score (nSPS) is 16.4. The van der Waals surface area contributed by atoms with Crippen molar-refractivity contribution in [2.24, 2.45) is 0 Å². The Morgan fingerprint density at radius 2 is 1.55 bits per heavy atom. The topological polar surface area (TPSA) is 40.6 Å². The number of carbonyl (C=O) groups is 2.